The molecule has 4 saturated carbocycles. The van der Waals surface area contributed by atoms with E-state index in [1.165, 1.54) is 30.5 Å². The molecule has 2 aromatic rings. The van der Waals surface area contributed by atoms with Gasteiger partial charge in [-0.3, -0.25) is 9.69 Å². The fourth-order valence-corrected chi connectivity index (χ4v) is 7.44. The van der Waals surface area contributed by atoms with Crippen LogP contribution in [0.2, 0.25) is 0 Å². The number of rotatable bonds is 5. The second-order valence-electron chi connectivity index (χ2n) is 11.3. The molecular weight excluding hydrogens is 410 g/mol. The summed E-state index contributed by atoms with van der Waals surface area (Å²) < 4.78 is 0. The number of carbonyl (C=O) groups excluding carboxylic acids is 1. The van der Waals surface area contributed by atoms with E-state index in [1.54, 1.807) is 6.33 Å². The van der Waals surface area contributed by atoms with Crippen molar-refractivity contribution in [1.29, 1.82) is 0 Å². The summed E-state index contributed by atoms with van der Waals surface area (Å²) in [4.78, 5) is 27.2. The predicted octanol–water partition coefficient (Wildman–Crippen LogP) is 4.26. The Kier molecular flexibility index (Phi) is 5.17. The minimum atomic E-state index is -0.147. The van der Waals surface area contributed by atoms with Crippen LogP contribution in [-0.4, -0.2) is 41.4 Å². The van der Waals surface area contributed by atoms with E-state index in [0.717, 1.165) is 80.1 Å². The SMILES string of the molecule is CN(C)c1ccc(CN2CCc3c(ncnc3NC(=O)C34CC5CC(CC(C5)C3)C4)C2)cc1. The molecule has 0 atom stereocenters. The van der Waals surface area contributed by atoms with E-state index >= 15 is 0 Å². The largest absolute Gasteiger partial charge is 0.378 e. The number of nitrogens with zero attached hydrogens (tertiary/aromatic N) is 4. The summed E-state index contributed by atoms with van der Waals surface area (Å²) in [6.07, 6.45) is 9.80. The molecule has 1 aliphatic heterocycles. The van der Waals surface area contributed by atoms with Crippen molar-refractivity contribution in [3.05, 3.63) is 47.4 Å². The third-order valence-corrected chi connectivity index (χ3v) is 8.70. The first-order chi connectivity index (χ1) is 16.0. The Hall–Kier alpha value is -2.47. The molecule has 1 aromatic heterocycles. The molecule has 2 heterocycles. The summed E-state index contributed by atoms with van der Waals surface area (Å²) in [5, 5.41) is 3.30. The standard InChI is InChI=1S/C27H35N5O/c1-31(2)22-5-3-18(4-6-22)15-32-8-7-23-24(16-32)28-17-29-25(23)30-26(33)27-12-19-9-20(13-27)11-21(10-19)14-27/h3-6,17,19-21H,7-16H2,1-2H3,(H,28,29,30,33). The Morgan fingerprint density at radius 3 is 2.36 bits per heavy atom. The monoisotopic (exact) mass is 445 g/mol. The highest BCUT2D eigenvalue weighted by Gasteiger charge is 2.54. The van der Waals surface area contributed by atoms with Crippen molar-refractivity contribution in [3.8, 4) is 0 Å². The zero-order chi connectivity index (χ0) is 22.6. The van der Waals surface area contributed by atoms with Gasteiger partial charge in [0.2, 0.25) is 5.91 Å². The predicted molar refractivity (Wildman–Crippen MR) is 130 cm³/mol. The Bertz CT molecular complexity index is 1010. The van der Waals surface area contributed by atoms with Crippen molar-refractivity contribution < 1.29 is 4.79 Å². The van der Waals surface area contributed by atoms with Crippen LogP contribution in [0.5, 0.6) is 0 Å². The van der Waals surface area contributed by atoms with Crippen LogP contribution in [0.15, 0.2) is 30.6 Å². The Balaban J connectivity index is 1.15. The molecule has 6 nitrogen and oxygen atoms in total. The maximum atomic E-state index is 13.5. The van der Waals surface area contributed by atoms with Crippen LogP contribution in [0.25, 0.3) is 0 Å². The number of carbonyl (C=O) groups is 1. The van der Waals surface area contributed by atoms with Gasteiger partial charge in [0.1, 0.15) is 12.1 Å². The van der Waals surface area contributed by atoms with Crippen molar-refractivity contribution in [2.24, 2.45) is 23.2 Å². The van der Waals surface area contributed by atoms with Gasteiger partial charge in [-0.15, -0.1) is 0 Å². The smallest absolute Gasteiger partial charge is 0.231 e. The summed E-state index contributed by atoms with van der Waals surface area (Å²) in [6, 6.07) is 8.77. The number of benzene rings is 1. The first kappa shape index (κ1) is 21.1. The van der Waals surface area contributed by atoms with E-state index in [-0.39, 0.29) is 11.3 Å². The molecule has 6 heteroatoms. The highest BCUT2D eigenvalue weighted by Crippen LogP contribution is 2.60. The molecule has 1 amide bonds. The van der Waals surface area contributed by atoms with E-state index in [1.807, 2.05) is 0 Å². The van der Waals surface area contributed by atoms with Crippen molar-refractivity contribution >= 4 is 17.4 Å². The quantitative estimate of drug-likeness (QED) is 0.745. The van der Waals surface area contributed by atoms with Crippen LogP contribution in [0.1, 0.15) is 55.3 Å². The van der Waals surface area contributed by atoms with Gasteiger partial charge in [0, 0.05) is 45.0 Å². The van der Waals surface area contributed by atoms with E-state index in [2.05, 4.69) is 63.4 Å². The van der Waals surface area contributed by atoms with E-state index in [0.29, 0.717) is 0 Å². The van der Waals surface area contributed by atoms with Gasteiger partial charge in [0.25, 0.3) is 0 Å². The van der Waals surface area contributed by atoms with Crippen molar-refractivity contribution in [2.45, 2.75) is 58.0 Å². The van der Waals surface area contributed by atoms with Gasteiger partial charge in [-0.1, -0.05) is 12.1 Å². The molecule has 0 spiro atoms. The highest BCUT2D eigenvalue weighted by molar-refractivity contribution is 5.95. The summed E-state index contributed by atoms with van der Waals surface area (Å²) in [5.41, 5.74) is 4.58. The molecule has 174 valence electrons. The van der Waals surface area contributed by atoms with Gasteiger partial charge >= 0.3 is 0 Å². The summed E-state index contributed by atoms with van der Waals surface area (Å²) in [6.45, 7) is 2.66. The fourth-order valence-electron chi connectivity index (χ4n) is 7.44. The van der Waals surface area contributed by atoms with Gasteiger partial charge in [0.15, 0.2) is 0 Å². The van der Waals surface area contributed by atoms with Crippen LogP contribution < -0.4 is 10.2 Å². The highest BCUT2D eigenvalue weighted by atomic mass is 16.2. The number of aromatic nitrogens is 2. The Labute approximate surface area is 196 Å². The van der Waals surface area contributed by atoms with Crippen molar-refractivity contribution in [2.75, 3.05) is 30.9 Å². The zero-order valence-electron chi connectivity index (χ0n) is 19.9. The number of amides is 1. The number of nitrogens with one attached hydrogen (secondary N) is 1. The third kappa shape index (κ3) is 3.92. The topological polar surface area (TPSA) is 61.4 Å². The molecule has 0 saturated heterocycles. The molecule has 0 unspecified atom stereocenters. The molecule has 1 N–H and O–H groups in total. The molecule has 1 aromatic carbocycles. The average Bonchev–Trinajstić information content (AvgIpc) is 2.78. The second-order valence-corrected chi connectivity index (χ2v) is 11.3. The van der Waals surface area contributed by atoms with Crippen molar-refractivity contribution in [1.82, 2.24) is 14.9 Å². The number of hydrogen-bond donors (Lipinski definition) is 1. The molecule has 0 radical (unpaired) electrons. The minimum Gasteiger partial charge on any atom is -0.378 e. The molecule has 4 bridgehead atoms. The lowest BCUT2D eigenvalue weighted by Gasteiger charge is -2.55. The lowest BCUT2D eigenvalue weighted by molar-refractivity contribution is -0.140. The van der Waals surface area contributed by atoms with Crippen LogP contribution in [0, 0.1) is 23.2 Å². The third-order valence-electron chi connectivity index (χ3n) is 8.70. The van der Waals surface area contributed by atoms with Gasteiger partial charge < -0.3 is 10.2 Å². The molecule has 4 fully saturated rings. The number of fused-ring (bicyclic) bond motifs is 1. The molecule has 33 heavy (non-hydrogen) atoms. The second kappa shape index (κ2) is 8.08. The van der Waals surface area contributed by atoms with Gasteiger partial charge in [-0.05, 0) is 80.4 Å². The van der Waals surface area contributed by atoms with E-state index in [9.17, 15) is 4.79 Å². The van der Waals surface area contributed by atoms with Crippen LogP contribution >= 0.6 is 0 Å². The number of hydrogen-bond acceptors (Lipinski definition) is 5. The Morgan fingerprint density at radius 1 is 1.06 bits per heavy atom. The number of anilines is 2. The summed E-state index contributed by atoms with van der Waals surface area (Å²) in [7, 11) is 4.13. The lowest BCUT2D eigenvalue weighted by Crippen LogP contribution is -2.52. The lowest BCUT2D eigenvalue weighted by atomic mass is 9.49. The summed E-state index contributed by atoms with van der Waals surface area (Å²) >= 11 is 0. The van der Waals surface area contributed by atoms with Crippen molar-refractivity contribution in [3.63, 3.8) is 0 Å². The molecule has 7 rings (SSSR count). The van der Waals surface area contributed by atoms with Gasteiger partial charge in [0.05, 0.1) is 11.1 Å². The van der Waals surface area contributed by atoms with Gasteiger partial charge in [-0.25, -0.2) is 9.97 Å². The maximum absolute atomic E-state index is 13.5. The summed E-state index contributed by atoms with van der Waals surface area (Å²) in [5.74, 6) is 3.28. The Morgan fingerprint density at radius 2 is 1.73 bits per heavy atom. The van der Waals surface area contributed by atoms with Gasteiger partial charge in [-0.2, -0.15) is 0 Å². The molecule has 4 aliphatic carbocycles. The first-order valence-electron chi connectivity index (χ1n) is 12.6. The molecular formula is C27H35N5O. The maximum Gasteiger partial charge on any atom is 0.231 e. The van der Waals surface area contributed by atoms with Crippen LogP contribution in [0.3, 0.4) is 0 Å². The minimum absolute atomic E-state index is 0.147. The molecule has 5 aliphatic rings. The van der Waals surface area contributed by atoms with Crippen LogP contribution in [-0.2, 0) is 24.3 Å². The van der Waals surface area contributed by atoms with E-state index in [4.69, 9.17) is 0 Å². The van der Waals surface area contributed by atoms with E-state index < -0.39 is 0 Å². The average molecular weight is 446 g/mol. The van der Waals surface area contributed by atoms with Crippen LogP contribution in [0.4, 0.5) is 11.5 Å². The normalized spacial score (nSPS) is 30.2. The first-order valence-corrected chi connectivity index (χ1v) is 12.6. The zero-order valence-corrected chi connectivity index (χ0v) is 19.9. The fraction of sp³-hybridized carbons (Fsp3) is 0.593.